The molecule has 0 saturated carbocycles. The number of halogens is 1. The molecule has 1 heterocycles. The number of carboxylic acids is 1. The van der Waals surface area contributed by atoms with Crippen LogP contribution < -0.4 is 0 Å². The Morgan fingerprint density at radius 2 is 2.32 bits per heavy atom. The smallest absolute Gasteiger partial charge is 0.337 e. The van der Waals surface area contributed by atoms with Crippen molar-refractivity contribution in [3.8, 4) is 6.07 Å². The van der Waals surface area contributed by atoms with Crippen LogP contribution in [0.5, 0.6) is 0 Å². The third kappa shape index (κ3) is 1.83. The lowest BCUT2D eigenvalue weighted by Crippen LogP contribution is -2.11. The summed E-state index contributed by atoms with van der Waals surface area (Å²) in [6.07, 6.45) is 2.32. The van der Waals surface area contributed by atoms with Crippen LogP contribution in [0.2, 0.25) is 0 Å². The summed E-state index contributed by atoms with van der Waals surface area (Å²) in [5, 5.41) is 19.2. The second-order valence-electron chi connectivity index (χ2n) is 4.80. The summed E-state index contributed by atoms with van der Waals surface area (Å²) in [5.41, 5.74) is 3.09. The highest BCUT2D eigenvalue weighted by molar-refractivity contribution is 9.10. The van der Waals surface area contributed by atoms with Crippen LogP contribution in [0.1, 0.15) is 28.0 Å². The molecule has 4 nitrogen and oxygen atoms in total. The van der Waals surface area contributed by atoms with Crippen molar-refractivity contribution in [3.05, 3.63) is 33.4 Å². The van der Waals surface area contributed by atoms with E-state index in [0.29, 0.717) is 11.9 Å². The molecule has 3 rings (SSSR count). The van der Waals surface area contributed by atoms with Gasteiger partial charge >= 0.3 is 5.97 Å². The molecule has 96 valence electrons. The van der Waals surface area contributed by atoms with E-state index in [2.05, 4.69) is 27.0 Å². The monoisotopic (exact) mass is 318 g/mol. The van der Waals surface area contributed by atoms with Gasteiger partial charge in [-0.05, 0) is 30.5 Å². The fraction of sp³-hybridized carbons (Fsp3) is 0.286. The van der Waals surface area contributed by atoms with Gasteiger partial charge in [0.2, 0.25) is 0 Å². The molecule has 2 aromatic rings. The molecule has 1 aromatic heterocycles. The average Bonchev–Trinajstić information content (AvgIpc) is 2.77. The number of nitriles is 1. The summed E-state index contributed by atoms with van der Waals surface area (Å²) in [5.74, 6) is -0.916. The molecule has 1 atom stereocenters. The second kappa shape index (κ2) is 4.39. The summed E-state index contributed by atoms with van der Waals surface area (Å²) in [4.78, 5) is 14.5. The molecule has 2 N–H and O–H groups in total. The lowest BCUT2D eigenvalue weighted by atomic mass is 9.88. The first-order valence-corrected chi connectivity index (χ1v) is 6.86. The Kier molecular flexibility index (Phi) is 2.83. The third-order valence-electron chi connectivity index (χ3n) is 3.70. The third-order valence-corrected chi connectivity index (χ3v) is 4.36. The summed E-state index contributed by atoms with van der Waals surface area (Å²) < 4.78 is 0.903. The van der Waals surface area contributed by atoms with Gasteiger partial charge in [-0.2, -0.15) is 5.26 Å². The van der Waals surface area contributed by atoms with E-state index >= 15 is 0 Å². The molecule has 1 aliphatic carbocycles. The molecule has 0 aliphatic heterocycles. The highest BCUT2D eigenvalue weighted by atomic mass is 79.9. The molecule has 0 saturated heterocycles. The summed E-state index contributed by atoms with van der Waals surface area (Å²) >= 11 is 3.49. The lowest BCUT2D eigenvalue weighted by molar-refractivity contribution is 0.0699. The predicted molar refractivity (Wildman–Crippen MR) is 74.1 cm³/mol. The molecule has 1 unspecified atom stereocenters. The number of carboxylic acid groups (broad SMARTS) is 1. The zero-order chi connectivity index (χ0) is 13.6. The summed E-state index contributed by atoms with van der Waals surface area (Å²) in [6.45, 7) is 0. The Morgan fingerprint density at radius 1 is 1.53 bits per heavy atom. The SMILES string of the molecule is N#CC1CCc2c([nH]c3c(C(=O)O)ccc(Br)c23)C1. The van der Waals surface area contributed by atoms with Crippen LogP contribution in [0.15, 0.2) is 16.6 Å². The molecular weight excluding hydrogens is 308 g/mol. The summed E-state index contributed by atoms with van der Waals surface area (Å²) in [6, 6.07) is 5.66. The highest BCUT2D eigenvalue weighted by Gasteiger charge is 2.25. The quantitative estimate of drug-likeness (QED) is 0.847. The number of rotatable bonds is 1. The number of hydrogen-bond donors (Lipinski definition) is 2. The number of nitrogens with zero attached hydrogens (tertiary/aromatic N) is 1. The zero-order valence-electron chi connectivity index (χ0n) is 10.0. The van der Waals surface area contributed by atoms with Crippen molar-refractivity contribution >= 4 is 32.8 Å². The molecule has 0 bridgehead atoms. The minimum absolute atomic E-state index is 0.0209. The van der Waals surface area contributed by atoms with E-state index in [-0.39, 0.29) is 11.5 Å². The molecule has 0 radical (unpaired) electrons. The minimum atomic E-state index is -0.937. The van der Waals surface area contributed by atoms with Crippen LogP contribution in [0.4, 0.5) is 0 Å². The van der Waals surface area contributed by atoms with Crippen molar-refractivity contribution in [1.29, 1.82) is 5.26 Å². The van der Waals surface area contributed by atoms with E-state index in [1.54, 1.807) is 12.1 Å². The zero-order valence-corrected chi connectivity index (χ0v) is 11.6. The van der Waals surface area contributed by atoms with Gasteiger partial charge in [0.25, 0.3) is 0 Å². The summed E-state index contributed by atoms with van der Waals surface area (Å²) in [7, 11) is 0. The standard InChI is InChI=1S/C14H11BrN2O2/c15-10-4-3-9(14(18)19)13-12(10)8-2-1-7(6-16)5-11(8)17-13/h3-4,7,17H,1-2,5H2,(H,18,19). The van der Waals surface area contributed by atoms with Crippen LogP contribution in [-0.2, 0) is 12.8 Å². The number of hydrogen-bond acceptors (Lipinski definition) is 2. The van der Waals surface area contributed by atoms with Crippen LogP contribution in [0.3, 0.4) is 0 Å². The van der Waals surface area contributed by atoms with Crippen LogP contribution in [-0.4, -0.2) is 16.1 Å². The van der Waals surface area contributed by atoms with E-state index in [1.807, 2.05) is 0 Å². The molecule has 1 aromatic carbocycles. The Labute approximate surface area is 118 Å². The molecule has 1 aliphatic rings. The molecule has 0 spiro atoms. The van der Waals surface area contributed by atoms with Gasteiger partial charge in [0.1, 0.15) is 0 Å². The minimum Gasteiger partial charge on any atom is -0.478 e. The Morgan fingerprint density at radius 3 is 3.00 bits per heavy atom. The maximum Gasteiger partial charge on any atom is 0.337 e. The first kappa shape index (κ1) is 12.2. The van der Waals surface area contributed by atoms with Gasteiger partial charge in [-0.15, -0.1) is 0 Å². The molecule has 5 heteroatoms. The highest BCUT2D eigenvalue weighted by Crippen LogP contribution is 2.36. The maximum absolute atomic E-state index is 11.3. The first-order chi connectivity index (χ1) is 9.11. The van der Waals surface area contributed by atoms with Gasteiger partial charge < -0.3 is 10.1 Å². The Hall–Kier alpha value is -1.80. The maximum atomic E-state index is 11.3. The van der Waals surface area contributed by atoms with E-state index in [9.17, 15) is 9.90 Å². The number of aryl methyl sites for hydroxylation is 1. The molecular formula is C14H11BrN2O2. The number of aromatic amines is 1. The van der Waals surface area contributed by atoms with Gasteiger partial charge in [0.15, 0.2) is 0 Å². The number of benzene rings is 1. The topological polar surface area (TPSA) is 76.9 Å². The number of carbonyl (C=O) groups is 1. The number of fused-ring (bicyclic) bond motifs is 3. The van der Waals surface area contributed by atoms with E-state index in [0.717, 1.165) is 34.0 Å². The van der Waals surface area contributed by atoms with Crippen LogP contribution >= 0.6 is 15.9 Å². The van der Waals surface area contributed by atoms with Gasteiger partial charge in [-0.1, -0.05) is 15.9 Å². The largest absolute Gasteiger partial charge is 0.478 e. The fourth-order valence-electron chi connectivity index (χ4n) is 2.78. The van der Waals surface area contributed by atoms with E-state index < -0.39 is 5.97 Å². The molecule has 0 amide bonds. The Balaban J connectivity index is 2.28. The van der Waals surface area contributed by atoms with Crippen molar-refractivity contribution in [3.63, 3.8) is 0 Å². The number of H-pyrrole nitrogens is 1. The average molecular weight is 319 g/mol. The van der Waals surface area contributed by atoms with Gasteiger partial charge in [-0.3, -0.25) is 0 Å². The van der Waals surface area contributed by atoms with Crippen LogP contribution in [0.25, 0.3) is 10.9 Å². The van der Waals surface area contributed by atoms with Gasteiger partial charge in [0, 0.05) is 22.0 Å². The van der Waals surface area contributed by atoms with Crippen LogP contribution in [0, 0.1) is 17.2 Å². The predicted octanol–water partition coefficient (Wildman–Crippen LogP) is 3.26. The van der Waals surface area contributed by atoms with Crippen molar-refractivity contribution in [1.82, 2.24) is 4.98 Å². The number of aromatic nitrogens is 1. The van der Waals surface area contributed by atoms with E-state index in [4.69, 9.17) is 5.26 Å². The Bertz CT molecular complexity index is 727. The molecule has 19 heavy (non-hydrogen) atoms. The second-order valence-corrected chi connectivity index (χ2v) is 5.66. The van der Waals surface area contributed by atoms with Crippen molar-refractivity contribution in [2.24, 2.45) is 5.92 Å². The lowest BCUT2D eigenvalue weighted by Gasteiger charge is -2.16. The van der Waals surface area contributed by atoms with Gasteiger partial charge in [0.05, 0.1) is 23.1 Å². The van der Waals surface area contributed by atoms with Gasteiger partial charge in [-0.25, -0.2) is 4.79 Å². The molecule has 0 fully saturated rings. The van der Waals surface area contributed by atoms with Crippen molar-refractivity contribution in [2.45, 2.75) is 19.3 Å². The van der Waals surface area contributed by atoms with Crippen molar-refractivity contribution < 1.29 is 9.90 Å². The van der Waals surface area contributed by atoms with E-state index in [1.165, 1.54) is 0 Å². The fourth-order valence-corrected chi connectivity index (χ4v) is 3.35. The number of nitrogens with one attached hydrogen (secondary N) is 1. The first-order valence-electron chi connectivity index (χ1n) is 6.06. The number of aromatic carboxylic acids is 1. The normalized spacial score (nSPS) is 18.0. The van der Waals surface area contributed by atoms with Crippen molar-refractivity contribution in [2.75, 3.05) is 0 Å².